The van der Waals surface area contributed by atoms with Gasteiger partial charge in [0.2, 0.25) is 5.82 Å². The van der Waals surface area contributed by atoms with Crippen LogP contribution in [0, 0.1) is 5.82 Å². The standard InChI is InChI=1S/C26H22FN5O5S/c1-35-23-12-11-21(13-24(23)36-2)38(33,34)31-20-9-3-17(4-10-20)14-32-15-22(28-16-32)26-29-25(30-37-26)18-5-7-19(27)8-6-18/h3-13,15-16,31H,14H2,1-2H3. The number of nitrogens with zero attached hydrogens (tertiary/aromatic N) is 4. The van der Waals surface area contributed by atoms with Crippen molar-refractivity contribution >= 4 is 15.7 Å². The number of anilines is 1. The van der Waals surface area contributed by atoms with Crippen molar-refractivity contribution in [3.63, 3.8) is 0 Å². The first kappa shape index (κ1) is 25.0. The van der Waals surface area contributed by atoms with E-state index in [2.05, 4.69) is 19.8 Å². The van der Waals surface area contributed by atoms with Gasteiger partial charge in [-0.15, -0.1) is 0 Å². The Morgan fingerprint density at radius 2 is 1.71 bits per heavy atom. The number of methoxy groups -OCH3 is 2. The summed E-state index contributed by atoms with van der Waals surface area (Å²) in [6.45, 7) is 0.481. The third-order valence-electron chi connectivity index (χ3n) is 5.62. The second kappa shape index (κ2) is 10.3. The van der Waals surface area contributed by atoms with Crippen LogP contribution in [0.15, 0.2) is 88.7 Å². The van der Waals surface area contributed by atoms with Crippen molar-refractivity contribution in [2.75, 3.05) is 18.9 Å². The minimum Gasteiger partial charge on any atom is -0.493 e. The summed E-state index contributed by atoms with van der Waals surface area (Å²) in [6, 6.07) is 17.2. The van der Waals surface area contributed by atoms with Gasteiger partial charge in [0.25, 0.3) is 15.9 Å². The highest BCUT2D eigenvalue weighted by molar-refractivity contribution is 7.92. The summed E-state index contributed by atoms with van der Waals surface area (Å²) in [7, 11) is -0.912. The first-order valence-corrected chi connectivity index (χ1v) is 12.8. The minimum atomic E-state index is -3.83. The number of sulfonamides is 1. The number of ether oxygens (including phenoxy) is 2. The van der Waals surface area contributed by atoms with Gasteiger partial charge in [-0.25, -0.2) is 17.8 Å². The molecule has 0 atom stereocenters. The normalized spacial score (nSPS) is 11.3. The fourth-order valence-corrected chi connectivity index (χ4v) is 4.76. The van der Waals surface area contributed by atoms with Gasteiger partial charge in [0, 0.05) is 30.1 Å². The van der Waals surface area contributed by atoms with Crippen molar-refractivity contribution < 1.29 is 26.8 Å². The lowest BCUT2D eigenvalue weighted by Gasteiger charge is -2.12. The highest BCUT2D eigenvalue weighted by atomic mass is 32.2. The van der Waals surface area contributed by atoms with Crippen LogP contribution in [0.3, 0.4) is 0 Å². The number of halogens is 1. The number of nitrogens with one attached hydrogen (secondary N) is 1. The first-order valence-electron chi connectivity index (χ1n) is 11.3. The molecule has 0 radical (unpaired) electrons. The van der Waals surface area contributed by atoms with Crippen molar-refractivity contribution in [3.05, 3.63) is 90.6 Å². The monoisotopic (exact) mass is 535 g/mol. The molecule has 194 valence electrons. The van der Waals surface area contributed by atoms with Gasteiger partial charge >= 0.3 is 0 Å². The molecule has 3 aromatic carbocycles. The van der Waals surface area contributed by atoms with Gasteiger partial charge in [0.05, 0.1) is 25.4 Å². The molecule has 0 saturated heterocycles. The molecule has 0 aliphatic carbocycles. The van der Waals surface area contributed by atoms with Crippen LogP contribution in [0.1, 0.15) is 5.56 Å². The summed E-state index contributed by atoms with van der Waals surface area (Å²) in [6.07, 6.45) is 3.39. The highest BCUT2D eigenvalue weighted by Crippen LogP contribution is 2.30. The average Bonchev–Trinajstić information content (AvgIpc) is 3.60. The van der Waals surface area contributed by atoms with Gasteiger partial charge in [0.1, 0.15) is 11.5 Å². The summed E-state index contributed by atoms with van der Waals surface area (Å²) >= 11 is 0. The summed E-state index contributed by atoms with van der Waals surface area (Å²) in [4.78, 5) is 8.71. The molecule has 0 bridgehead atoms. The molecular weight excluding hydrogens is 513 g/mol. The van der Waals surface area contributed by atoms with Gasteiger partial charge in [-0.1, -0.05) is 17.3 Å². The van der Waals surface area contributed by atoms with Crippen molar-refractivity contribution in [2.24, 2.45) is 0 Å². The van der Waals surface area contributed by atoms with Gasteiger partial charge in [-0.05, 0) is 54.1 Å². The molecule has 2 aromatic heterocycles. The summed E-state index contributed by atoms with van der Waals surface area (Å²) in [5.41, 5.74) is 2.45. The van der Waals surface area contributed by atoms with Gasteiger partial charge < -0.3 is 18.6 Å². The van der Waals surface area contributed by atoms with Crippen molar-refractivity contribution in [1.82, 2.24) is 19.7 Å². The number of benzene rings is 3. The van der Waals surface area contributed by atoms with Crippen LogP contribution in [0.2, 0.25) is 0 Å². The largest absolute Gasteiger partial charge is 0.493 e. The number of hydrogen-bond donors (Lipinski definition) is 1. The lowest BCUT2D eigenvalue weighted by Crippen LogP contribution is -2.13. The van der Waals surface area contributed by atoms with E-state index in [-0.39, 0.29) is 16.6 Å². The molecular formula is C26H22FN5O5S. The van der Waals surface area contributed by atoms with E-state index in [4.69, 9.17) is 14.0 Å². The van der Waals surface area contributed by atoms with Crippen LogP contribution >= 0.6 is 0 Å². The maximum atomic E-state index is 13.2. The first-order chi connectivity index (χ1) is 18.3. The minimum absolute atomic E-state index is 0.0498. The van der Waals surface area contributed by atoms with Crippen molar-refractivity contribution in [3.8, 4) is 34.5 Å². The van der Waals surface area contributed by atoms with Crippen LogP contribution in [-0.2, 0) is 16.6 Å². The molecule has 0 fully saturated rings. The van der Waals surface area contributed by atoms with E-state index in [0.29, 0.717) is 40.8 Å². The molecule has 2 heterocycles. The molecule has 10 nitrogen and oxygen atoms in total. The zero-order valence-corrected chi connectivity index (χ0v) is 21.1. The Hall–Kier alpha value is -4.71. The van der Waals surface area contributed by atoms with E-state index in [0.717, 1.165) is 5.56 Å². The number of aromatic nitrogens is 4. The molecule has 12 heteroatoms. The Balaban J connectivity index is 1.25. The second-order valence-electron chi connectivity index (χ2n) is 8.18. The van der Waals surface area contributed by atoms with Crippen LogP contribution in [0.25, 0.3) is 23.0 Å². The van der Waals surface area contributed by atoms with E-state index in [1.54, 1.807) is 36.8 Å². The Morgan fingerprint density at radius 1 is 0.974 bits per heavy atom. The number of imidazole rings is 1. The quantitative estimate of drug-likeness (QED) is 0.291. The maximum Gasteiger partial charge on any atom is 0.278 e. The zero-order chi connectivity index (χ0) is 26.7. The Morgan fingerprint density at radius 3 is 2.42 bits per heavy atom. The molecule has 5 aromatic rings. The van der Waals surface area contributed by atoms with E-state index >= 15 is 0 Å². The molecule has 5 rings (SSSR count). The molecule has 0 saturated carbocycles. The van der Waals surface area contributed by atoms with Crippen LogP contribution < -0.4 is 14.2 Å². The molecule has 0 aliphatic rings. The third kappa shape index (κ3) is 5.34. The zero-order valence-electron chi connectivity index (χ0n) is 20.3. The molecule has 38 heavy (non-hydrogen) atoms. The Bertz CT molecular complexity index is 1670. The lowest BCUT2D eigenvalue weighted by molar-refractivity contribution is 0.354. The van der Waals surface area contributed by atoms with Crippen LogP contribution in [0.5, 0.6) is 11.5 Å². The highest BCUT2D eigenvalue weighted by Gasteiger charge is 2.18. The average molecular weight is 536 g/mol. The smallest absolute Gasteiger partial charge is 0.278 e. The molecule has 0 spiro atoms. The maximum absolute atomic E-state index is 13.2. The summed E-state index contributed by atoms with van der Waals surface area (Å²) in [5, 5.41) is 3.94. The van der Waals surface area contributed by atoms with Gasteiger partial charge in [0.15, 0.2) is 11.5 Å². The molecule has 1 N–H and O–H groups in total. The fraction of sp³-hybridized carbons (Fsp3) is 0.115. The SMILES string of the molecule is COc1ccc(S(=O)(=O)Nc2ccc(Cn3cnc(-c4nc(-c5ccc(F)cc5)no4)c3)cc2)cc1OC. The summed E-state index contributed by atoms with van der Waals surface area (Å²) in [5.74, 6) is 0.978. The van der Waals surface area contributed by atoms with E-state index < -0.39 is 10.0 Å². The van der Waals surface area contributed by atoms with Gasteiger partial charge in [-0.2, -0.15) is 4.98 Å². The summed E-state index contributed by atoms with van der Waals surface area (Å²) < 4.78 is 58.9. The van der Waals surface area contributed by atoms with Crippen molar-refractivity contribution in [1.29, 1.82) is 0 Å². The predicted molar refractivity (Wildman–Crippen MR) is 137 cm³/mol. The third-order valence-corrected chi connectivity index (χ3v) is 7.00. The second-order valence-corrected chi connectivity index (χ2v) is 9.86. The molecule has 0 unspecified atom stereocenters. The topological polar surface area (TPSA) is 121 Å². The van der Waals surface area contributed by atoms with Crippen LogP contribution in [0.4, 0.5) is 10.1 Å². The molecule has 0 aliphatic heterocycles. The Labute approximate surface area is 217 Å². The van der Waals surface area contributed by atoms with Crippen LogP contribution in [-0.4, -0.2) is 42.3 Å². The molecule has 0 amide bonds. The lowest BCUT2D eigenvalue weighted by atomic mass is 10.2. The van der Waals surface area contributed by atoms with Gasteiger partial charge in [-0.3, -0.25) is 4.72 Å². The Kier molecular flexibility index (Phi) is 6.79. The number of hydrogen-bond acceptors (Lipinski definition) is 8. The van der Waals surface area contributed by atoms with E-state index in [1.165, 1.54) is 44.6 Å². The number of rotatable bonds is 9. The fourth-order valence-electron chi connectivity index (χ4n) is 3.69. The van der Waals surface area contributed by atoms with Crippen molar-refractivity contribution in [2.45, 2.75) is 11.4 Å². The van der Waals surface area contributed by atoms with E-state index in [9.17, 15) is 12.8 Å². The van der Waals surface area contributed by atoms with E-state index in [1.807, 2.05) is 16.7 Å². The predicted octanol–water partition coefficient (Wildman–Crippen LogP) is 4.61.